The van der Waals surface area contributed by atoms with Crippen molar-refractivity contribution >= 4 is 23.2 Å². The molecule has 4 heteroatoms. The number of rotatable bonds is 2. The molecule has 2 nitrogen and oxygen atoms in total. The highest BCUT2D eigenvalue weighted by molar-refractivity contribution is 6.41. The van der Waals surface area contributed by atoms with Gasteiger partial charge in [-0.15, -0.1) is 0 Å². The molecule has 0 bridgehead atoms. The molecule has 0 radical (unpaired) electrons. The fourth-order valence-corrected chi connectivity index (χ4v) is 1.28. The van der Waals surface area contributed by atoms with Gasteiger partial charge in [-0.05, 0) is 17.5 Å². The molecule has 2 N–H and O–H groups in total. The summed E-state index contributed by atoms with van der Waals surface area (Å²) in [4.78, 5) is 3.94. The molecule has 0 aromatic carbocycles. The minimum absolute atomic E-state index is 0.0396. The second-order valence-corrected chi connectivity index (χ2v) is 4.08. The summed E-state index contributed by atoms with van der Waals surface area (Å²) >= 11 is 11.5. The Kier molecular flexibility index (Phi) is 3.54. The normalized spacial score (nSPS) is 13.4. The van der Waals surface area contributed by atoms with Crippen molar-refractivity contribution in [1.29, 1.82) is 0 Å². The van der Waals surface area contributed by atoms with E-state index in [1.165, 1.54) is 0 Å². The highest BCUT2D eigenvalue weighted by Gasteiger charge is 2.12. The molecule has 1 rings (SSSR count). The van der Waals surface area contributed by atoms with Gasteiger partial charge in [0, 0.05) is 12.2 Å². The number of nitrogens with two attached hydrogens (primary N) is 1. The summed E-state index contributed by atoms with van der Waals surface area (Å²) in [6.07, 6.45) is 1.67. The van der Waals surface area contributed by atoms with Crippen molar-refractivity contribution in [3.63, 3.8) is 0 Å². The van der Waals surface area contributed by atoms with Crippen molar-refractivity contribution in [3.8, 4) is 0 Å². The summed E-state index contributed by atoms with van der Waals surface area (Å²) in [7, 11) is 0. The molecule has 1 aromatic rings. The van der Waals surface area contributed by atoms with Crippen LogP contribution in [0.2, 0.25) is 10.2 Å². The molecular weight excluding hydrogens is 207 g/mol. The number of hydrogen-bond donors (Lipinski definition) is 1. The molecule has 0 amide bonds. The third-order valence-electron chi connectivity index (χ3n) is 1.92. The van der Waals surface area contributed by atoms with Crippen LogP contribution in [0.3, 0.4) is 0 Å². The van der Waals surface area contributed by atoms with E-state index in [1.807, 2.05) is 13.8 Å². The van der Waals surface area contributed by atoms with Gasteiger partial charge in [0.05, 0.1) is 5.02 Å². The zero-order valence-electron chi connectivity index (χ0n) is 7.59. The largest absolute Gasteiger partial charge is 0.324 e. The first-order valence-corrected chi connectivity index (χ1v) is 4.84. The smallest absolute Gasteiger partial charge is 0.147 e. The quantitative estimate of drug-likeness (QED) is 0.776. The Labute approximate surface area is 88.1 Å². The lowest BCUT2D eigenvalue weighted by Crippen LogP contribution is -2.16. The lowest BCUT2D eigenvalue weighted by molar-refractivity contribution is 0.513. The fourth-order valence-electron chi connectivity index (χ4n) is 1.00. The first-order valence-electron chi connectivity index (χ1n) is 4.09. The van der Waals surface area contributed by atoms with Gasteiger partial charge in [-0.3, -0.25) is 0 Å². The summed E-state index contributed by atoms with van der Waals surface area (Å²) < 4.78 is 0. The van der Waals surface area contributed by atoms with Crippen molar-refractivity contribution in [2.45, 2.75) is 19.9 Å². The SMILES string of the molecule is CC(C)[C@H](N)c1cnc(Cl)c(Cl)c1. The van der Waals surface area contributed by atoms with Crippen LogP contribution in [0.4, 0.5) is 0 Å². The van der Waals surface area contributed by atoms with Crippen molar-refractivity contribution in [1.82, 2.24) is 4.98 Å². The monoisotopic (exact) mass is 218 g/mol. The van der Waals surface area contributed by atoms with E-state index in [2.05, 4.69) is 4.98 Å². The molecule has 0 aliphatic rings. The van der Waals surface area contributed by atoms with E-state index in [4.69, 9.17) is 28.9 Å². The Morgan fingerprint density at radius 2 is 2.00 bits per heavy atom. The molecule has 0 aliphatic carbocycles. The van der Waals surface area contributed by atoms with Gasteiger partial charge >= 0.3 is 0 Å². The summed E-state index contributed by atoms with van der Waals surface area (Å²) in [5.41, 5.74) is 6.84. The lowest BCUT2D eigenvalue weighted by atomic mass is 9.99. The second-order valence-electron chi connectivity index (χ2n) is 3.31. The van der Waals surface area contributed by atoms with Gasteiger partial charge in [0.2, 0.25) is 0 Å². The molecule has 1 heterocycles. The summed E-state index contributed by atoms with van der Waals surface area (Å²) in [6.45, 7) is 4.10. The molecule has 0 saturated carbocycles. The number of halogens is 2. The zero-order chi connectivity index (χ0) is 10.0. The minimum Gasteiger partial charge on any atom is -0.324 e. The van der Waals surface area contributed by atoms with E-state index in [9.17, 15) is 0 Å². The van der Waals surface area contributed by atoms with Gasteiger partial charge in [0.25, 0.3) is 0 Å². The topological polar surface area (TPSA) is 38.9 Å². The molecule has 1 atom stereocenters. The first-order chi connectivity index (χ1) is 6.02. The van der Waals surface area contributed by atoms with Gasteiger partial charge in [-0.25, -0.2) is 4.98 Å². The number of aromatic nitrogens is 1. The molecular formula is C9H12Cl2N2. The minimum atomic E-state index is -0.0396. The average Bonchev–Trinajstić information content (AvgIpc) is 2.08. The standard InChI is InChI=1S/C9H12Cl2N2/c1-5(2)8(12)6-3-7(10)9(11)13-4-6/h3-5,8H,12H2,1-2H3/t8-/m0/s1. The maximum absolute atomic E-state index is 5.92. The van der Waals surface area contributed by atoms with Crippen molar-refractivity contribution in [3.05, 3.63) is 28.0 Å². The second kappa shape index (κ2) is 4.27. The fraction of sp³-hybridized carbons (Fsp3) is 0.444. The predicted molar refractivity (Wildman–Crippen MR) is 56.0 cm³/mol. The van der Waals surface area contributed by atoms with Gasteiger partial charge in [0.1, 0.15) is 5.15 Å². The molecule has 0 spiro atoms. The zero-order valence-corrected chi connectivity index (χ0v) is 9.10. The number of pyridine rings is 1. The van der Waals surface area contributed by atoms with Crippen LogP contribution < -0.4 is 5.73 Å². The summed E-state index contributed by atoms with van der Waals surface area (Å²) in [6, 6.07) is 1.73. The van der Waals surface area contributed by atoms with Crippen LogP contribution >= 0.6 is 23.2 Å². The van der Waals surface area contributed by atoms with Crippen LogP contribution in [0.25, 0.3) is 0 Å². The van der Waals surface area contributed by atoms with Crippen LogP contribution in [0, 0.1) is 5.92 Å². The van der Waals surface area contributed by atoms with Crippen LogP contribution in [0.1, 0.15) is 25.5 Å². The van der Waals surface area contributed by atoms with Crippen LogP contribution in [0.15, 0.2) is 12.3 Å². The van der Waals surface area contributed by atoms with Crippen LogP contribution in [0.5, 0.6) is 0 Å². The van der Waals surface area contributed by atoms with E-state index in [1.54, 1.807) is 12.3 Å². The Bertz CT molecular complexity index is 300. The molecule has 72 valence electrons. The third-order valence-corrected chi connectivity index (χ3v) is 2.61. The van der Waals surface area contributed by atoms with Crippen molar-refractivity contribution in [2.75, 3.05) is 0 Å². The first kappa shape index (κ1) is 10.8. The van der Waals surface area contributed by atoms with Crippen molar-refractivity contribution in [2.24, 2.45) is 11.7 Å². The van der Waals surface area contributed by atoms with Crippen LogP contribution in [-0.4, -0.2) is 4.98 Å². The Morgan fingerprint density at radius 1 is 1.38 bits per heavy atom. The maximum atomic E-state index is 5.92. The molecule has 1 aromatic heterocycles. The van der Waals surface area contributed by atoms with E-state index >= 15 is 0 Å². The molecule has 0 aliphatic heterocycles. The highest BCUT2D eigenvalue weighted by Crippen LogP contribution is 2.25. The average molecular weight is 219 g/mol. The van der Waals surface area contributed by atoms with Gasteiger partial charge in [-0.1, -0.05) is 37.0 Å². The molecule has 0 saturated heterocycles. The Balaban J connectivity index is 2.97. The van der Waals surface area contributed by atoms with E-state index in [0.29, 0.717) is 16.1 Å². The predicted octanol–water partition coefficient (Wildman–Crippen LogP) is 3.04. The van der Waals surface area contributed by atoms with Gasteiger partial charge < -0.3 is 5.73 Å². The van der Waals surface area contributed by atoms with E-state index in [0.717, 1.165) is 5.56 Å². The van der Waals surface area contributed by atoms with E-state index in [-0.39, 0.29) is 6.04 Å². The number of hydrogen-bond acceptors (Lipinski definition) is 2. The third kappa shape index (κ3) is 2.56. The molecule has 0 fully saturated rings. The lowest BCUT2D eigenvalue weighted by Gasteiger charge is -2.15. The van der Waals surface area contributed by atoms with Crippen molar-refractivity contribution < 1.29 is 0 Å². The Morgan fingerprint density at radius 3 is 2.46 bits per heavy atom. The van der Waals surface area contributed by atoms with Gasteiger partial charge in [-0.2, -0.15) is 0 Å². The summed E-state index contributed by atoms with van der Waals surface area (Å²) in [5.74, 6) is 0.360. The number of nitrogens with zero attached hydrogens (tertiary/aromatic N) is 1. The Hall–Kier alpha value is -0.310. The maximum Gasteiger partial charge on any atom is 0.147 e. The van der Waals surface area contributed by atoms with Crippen LogP contribution in [-0.2, 0) is 0 Å². The molecule has 0 unspecified atom stereocenters. The highest BCUT2D eigenvalue weighted by atomic mass is 35.5. The van der Waals surface area contributed by atoms with Gasteiger partial charge in [0.15, 0.2) is 0 Å². The summed E-state index contributed by atoms with van der Waals surface area (Å²) in [5, 5.41) is 0.775. The van der Waals surface area contributed by atoms with E-state index < -0.39 is 0 Å². The molecule has 13 heavy (non-hydrogen) atoms.